The second kappa shape index (κ2) is 6.76. The quantitative estimate of drug-likeness (QED) is 0.365. The van der Waals surface area contributed by atoms with Crippen LogP contribution in [-0.4, -0.2) is 37.1 Å². The number of aromatic amines is 1. The van der Waals surface area contributed by atoms with Crippen LogP contribution in [0.4, 0.5) is 0 Å². The van der Waals surface area contributed by atoms with Crippen molar-refractivity contribution in [2.24, 2.45) is 16.5 Å². The molecule has 0 bridgehead atoms. The highest BCUT2D eigenvalue weighted by molar-refractivity contribution is 6.06. The van der Waals surface area contributed by atoms with Gasteiger partial charge >= 0.3 is 0 Å². The fraction of sp³-hybridized carbons (Fsp3) is 0.286. The second-order valence-electron chi connectivity index (χ2n) is 4.49. The summed E-state index contributed by atoms with van der Waals surface area (Å²) in [6.45, 7) is 1.16. The number of carbonyl (C=O) groups is 1. The van der Waals surface area contributed by atoms with Crippen LogP contribution < -0.4 is 21.5 Å². The minimum atomic E-state index is -0.333. The van der Waals surface area contributed by atoms with E-state index in [0.29, 0.717) is 18.8 Å². The van der Waals surface area contributed by atoms with Crippen LogP contribution >= 0.6 is 0 Å². The van der Waals surface area contributed by atoms with Gasteiger partial charge in [-0.25, -0.2) is 0 Å². The summed E-state index contributed by atoms with van der Waals surface area (Å²) >= 11 is 0. The van der Waals surface area contributed by atoms with Crippen molar-refractivity contribution in [1.29, 1.82) is 0 Å². The van der Waals surface area contributed by atoms with Crippen LogP contribution in [0, 0.1) is 0 Å². The van der Waals surface area contributed by atoms with Crippen molar-refractivity contribution in [3.63, 3.8) is 0 Å². The molecule has 6 N–H and O–H groups in total. The maximum absolute atomic E-state index is 11.9. The normalized spacial score (nSPS) is 11.6. The van der Waals surface area contributed by atoms with Gasteiger partial charge in [0.1, 0.15) is 11.4 Å². The number of hydrogen-bond acceptors (Lipinski definition) is 4. The van der Waals surface area contributed by atoms with Crippen LogP contribution in [0.2, 0.25) is 0 Å². The van der Waals surface area contributed by atoms with E-state index >= 15 is 0 Å². The van der Waals surface area contributed by atoms with Crippen LogP contribution in [0.5, 0.6) is 5.75 Å². The molecule has 0 fully saturated rings. The first kappa shape index (κ1) is 14.9. The number of carbonyl (C=O) groups excluding carboxylic acids is 1. The predicted octanol–water partition coefficient (Wildman–Crippen LogP) is 0.570. The third kappa shape index (κ3) is 3.73. The molecule has 1 heterocycles. The van der Waals surface area contributed by atoms with Crippen molar-refractivity contribution < 1.29 is 9.53 Å². The second-order valence-corrected chi connectivity index (χ2v) is 4.49. The number of ether oxygens (including phenoxy) is 1. The zero-order valence-electron chi connectivity index (χ0n) is 11.8. The first-order valence-electron chi connectivity index (χ1n) is 6.63. The van der Waals surface area contributed by atoms with Crippen LogP contribution in [0.15, 0.2) is 29.3 Å². The Balaban J connectivity index is 2.15. The number of guanidine groups is 1. The highest BCUT2D eigenvalue weighted by Crippen LogP contribution is 2.21. The molecule has 0 spiro atoms. The first-order chi connectivity index (χ1) is 10.1. The number of nitrogens with zero attached hydrogens (tertiary/aromatic N) is 1. The van der Waals surface area contributed by atoms with E-state index in [9.17, 15) is 4.79 Å². The van der Waals surface area contributed by atoms with Crippen molar-refractivity contribution >= 4 is 22.8 Å². The van der Waals surface area contributed by atoms with Gasteiger partial charge in [0, 0.05) is 24.0 Å². The molecule has 0 radical (unpaired) electrons. The topological polar surface area (TPSA) is 119 Å². The van der Waals surface area contributed by atoms with E-state index in [1.807, 2.05) is 18.2 Å². The Labute approximate surface area is 122 Å². The Morgan fingerprint density at radius 2 is 2.24 bits per heavy atom. The van der Waals surface area contributed by atoms with Crippen LogP contribution in [-0.2, 0) is 0 Å². The first-order valence-corrected chi connectivity index (χ1v) is 6.63. The summed E-state index contributed by atoms with van der Waals surface area (Å²) in [4.78, 5) is 18.6. The number of amides is 1. The average Bonchev–Trinajstić information content (AvgIpc) is 2.90. The van der Waals surface area contributed by atoms with E-state index in [1.54, 1.807) is 6.07 Å². The molecule has 0 atom stereocenters. The summed E-state index contributed by atoms with van der Waals surface area (Å²) in [6.07, 6.45) is 0.798. The van der Waals surface area contributed by atoms with Gasteiger partial charge in [-0.3, -0.25) is 15.1 Å². The average molecular weight is 289 g/mol. The van der Waals surface area contributed by atoms with Crippen molar-refractivity contribution in [3.8, 4) is 5.75 Å². The molecule has 0 unspecified atom stereocenters. The molecule has 0 aliphatic heterocycles. The van der Waals surface area contributed by atoms with Gasteiger partial charge in [0.15, 0.2) is 5.96 Å². The van der Waals surface area contributed by atoms with Gasteiger partial charge < -0.3 is 21.2 Å². The van der Waals surface area contributed by atoms with E-state index in [0.717, 1.165) is 23.1 Å². The summed E-state index contributed by atoms with van der Waals surface area (Å²) in [5.74, 6) is 0.476. The zero-order chi connectivity index (χ0) is 15.2. The summed E-state index contributed by atoms with van der Waals surface area (Å²) in [7, 11) is 1.51. The van der Waals surface area contributed by atoms with E-state index in [4.69, 9.17) is 16.2 Å². The number of fused-ring (bicyclic) bond motifs is 1. The lowest BCUT2D eigenvalue weighted by molar-refractivity contribution is 0.0972. The number of aliphatic imine (C=N–C) groups is 1. The number of H-pyrrole nitrogens is 1. The number of nitrogens with one attached hydrogen (secondary N) is 2. The lowest BCUT2D eigenvalue weighted by Gasteiger charge is -2.04. The summed E-state index contributed by atoms with van der Waals surface area (Å²) in [5, 5.41) is 3.39. The highest BCUT2D eigenvalue weighted by Gasteiger charge is 2.10. The van der Waals surface area contributed by atoms with Crippen LogP contribution in [0.25, 0.3) is 10.9 Å². The van der Waals surface area contributed by atoms with Gasteiger partial charge in [-0.15, -0.1) is 0 Å². The van der Waals surface area contributed by atoms with E-state index in [1.165, 1.54) is 7.05 Å². The van der Waals surface area contributed by atoms with E-state index in [-0.39, 0.29) is 11.9 Å². The van der Waals surface area contributed by atoms with E-state index < -0.39 is 0 Å². The molecule has 0 aliphatic rings. The summed E-state index contributed by atoms with van der Waals surface area (Å²) in [5.41, 5.74) is 12.1. The molecule has 1 aromatic carbocycles. The number of hydrogen-bond donors (Lipinski definition) is 4. The molecule has 2 aromatic rings. The Morgan fingerprint density at radius 1 is 1.43 bits per heavy atom. The van der Waals surface area contributed by atoms with Gasteiger partial charge in [-0.1, -0.05) is 0 Å². The third-order valence-electron chi connectivity index (χ3n) is 2.94. The van der Waals surface area contributed by atoms with Gasteiger partial charge in [0.25, 0.3) is 5.91 Å². The number of benzene rings is 1. The number of rotatable bonds is 5. The monoisotopic (exact) mass is 289 g/mol. The molecule has 7 nitrogen and oxygen atoms in total. The molecule has 7 heteroatoms. The minimum absolute atomic E-state index is 0.0736. The molecule has 21 heavy (non-hydrogen) atoms. The molecular formula is C14H19N5O2. The Kier molecular flexibility index (Phi) is 4.78. The van der Waals surface area contributed by atoms with Gasteiger partial charge in [0.2, 0.25) is 0 Å². The lowest BCUT2D eigenvalue weighted by atomic mass is 10.2. The molecule has 1 amide bonds. The fourth-order valence-corrected chi connectivity index (χ4v) is 1.83. The Bertz CT molecular complexity index is 662. The molecule has 2 rings (SSSR count). The largest absolute Gasteiger partial charge is 0.493 e. The van der Waals surface area contributed by atoms with Crippen LogP contribution in [0.3, 0.4) is 0 Å². The minimum Gasteiger partial charge on any atom is -0.493 e. The van der Waals surface area contributed by atoms with E-state index in [2.05, 4.69) is 15.3 Å². The number of nitrogens with two attached hydrogens (primary N) is 2. The molecule has 0 saturated heterocycles. The number of aromatic nitrogens is 1. The molecule has 1 aromatic heterocycles. The maximum Gasteiger partial charge on any atom is 0.274 e. The summed E-state index contributed by atoms with van der Waals surface area (Å²) < 4.78 is 5.57. The van der Waals surface area contributed by atoms with Crippen molar-refractivity contribution in [3.05, 3.63) is 30.0 Å². The third-order valence-corrected chi connectivity index (χ3v) is 2.94. The SMILES string of the molecule is CN=C(N)NC(=O)c1cc2ccc(OCCCN)cc2[nH]1. The molecule has 112 valence electrons. The maximum atomic E-state index is 11.9. The summed E-state index contributed by atoms with van der Waals surface area (Å²) in [6, 6.07) is 7.34. The smallest absolute Gasteiger partial charge is 0.274 e. The van der Waals surface area contributed by atoms with Gasteiger partial charge in [0.05, 0.1) is 6.61 Å². The van der Waals surface area contributed by atoms with Gasteiger partial charge in [-0.05, 0) is 31.2 Å². The van der Waals surface area contributed by atoms with Crippen molar-refractivity contribution in [1.82, 2.24) is 10.3 Å². The predicted molar refractivity (Wildman–Crippen MR) is 82.5 cm³/mol. The molecule has 0 saturated carbocycles. The highest BCUT2D eigenvalue weighted by atomic mass is 16.5. The Hall–Kier alpha value is -2.54. The molecular weight excluding hydrogens is 270 g/mol. The van der Waals surface area contributed by atoms with Crippen molar-refractivity contribution in [2.45, 2.75) is 6.42 Å². The van der Waals surface area contributed by atoms with Crippen LogP contribution in [0.1, 0.15) is 16.9 Å². The van der Waals surface area contributed by atoms with Crippen molar-refractivity contribution in [2.75, 3.05) is 20.2 Å². The fourth-order valence-electron chi connectivity index (χ4n) is 1.83. The molecule has 0 aliphatic carbocycles. The van der Waals surface area contributed by atoms with Gasteiger partial charge in [-0.2, -0.15) is 0 Å². The standard InChI is InChI=1S/C14H19N5O2/c1-17-14(16)19-13(20)12-7-9-3-4-10(8-11(9)18-12)21-6-2-5-15/h3-4,7-8,18H,2,5-6,15H2,1H3,(H3,16,17,19,20). The Morgan fingerprint density at radius 3 is 2.95 bits per heavy atom. The zero-order valence-corrected chi connectivity index (χ0v) is 11.8. The lowest BCUT2D eigenvalue weighted by Crippen LogP contribution is -2.36.